The van der Waals surface area contributed by atoms with Gasteiger partial charge in [-0.15, -0.1) is 0 Å². The van der Waals surface area contributed by atoms with Gasteiger partial charge in [0.2, 0.25) is 21.7 Å². The van der Waals surface area contributed by atoms with Gasteiger partial charge >= 0.3 is 0 Å². The van der Waals surface area contributed by atoms with Gasteiger partial charge in [-0.05, 0) is 29.8 Å². The highest BCUT2D eigenvalue weighted by Gasteiger charge is 2.13. The molecule has 0 fully saturated rings. The second kappa shape index (κ2) is 8.28. The number of rotatable bonds is 8. The van der Waals surface area contributed by atoms with Crippen LogP contribution in [0, 0.1) is 5.82 Å². The smallest absolute Gasteiger partial charge is 0.228 e. The van der Waals surface area contributed by atoms with Crippen LogP contribution in [0.3, 0.4) is 0 Å². The van der Waals surface area contributed by atoms with Crippen LogP contribution in [-0.2, 0) is 22.2 Å². The second-order valence-corrected chi connectivity index (χ2v) is 7.58. The Bertz CT molecular complexity index is 1000. The largest absolute Gasteiger partial charge is 0.497 e. The summed E-state index contributed by atoms with van der Waals surface area (Å²) in [4.78, 5) is 4.26. The normalized spacial score (nSPS) is 11.5. The van der Waals surface area contributed by atoms with Crippen LogP contribution >= 0.6 is 0 Å². The van der Waals surface area contributed by atoms with Gasteiger partial charge in [0.1, 0.15) is 11.6 Å². The molecule has 0 amide bonds. The first-order valence-corrected chi connectivity index (χ1v) is 9.79. The van der Waals surface area contributed by atoms with E-state index in [1.165, 1.54) is 24.3 Å². The summed E-state index contributed by atoms with van der Waals surface area (Å²) in [5.74, 6) is 0.752. The molecular formula is C18H18FN3O4S. The molecule has 9 heteroatoms. The zero-order chi connectivity index (χ0) is 19.3. The standard InChI is InChI=1S/C18H18FN3O4S/c1-25-16-4-2-3-14(11-16)18-21-17(26-22-18)9-10-20-27(23,24)12-13-5-7-15(19)8-6-13/h2-8,11,20H,9-10,12H2,1H3. The molecule has 0 aliphatic heterocycles. The van der Waals surface area contributed by atoms with Crippen molar-refractivity contribution in [1.29, 1.82) is 0 Å². The van der Waals surface area contributed by atoms with Crippen molar-refractivity contribution >= 4 is 10.0 Å². The lowest BCUT2D eigenvalue weighted by Gasteiger charge is -2.05. The van der Waals surface area contributed by atoms with E-state index in [-0.39, 0.29) is 18.7 Å². The Morgan fingerprint density at radius 2 is 1.96 bits per heavy atom. The van der Waals surface area contributed by atoms with E-state index in [1.54, 1.807) is 19.2 Å². The molecule has 1 N–H and O–H groups in total. The van der Waals surface area contributed by atoms with Crippen LogP contribution in [0.1, 0.15) is 11.5 Å². The van der Waals surface area contributed by atoms with Crippen LogP contribution in [0.15, 0.2) is 53.1 Å². The maximum absolute atomic E-state index is 12.9. The Hall–Kier alpha value is -2.78. The van der Waals surface area contributed by atoms with Crippen molar-refractivity contribution in [2.45, 2.75) is 12.2 Å². The lowest BCUT2D eigenvalue weighted by Crippen LogP contribution is -2.27. The van der Waals surface area contributed by atoms with Crippen molar-refractivity contribution in [2.75, 3.05) is 13.7 Å². The van der Waals surface area contributed by atoms with Crippen LogP contribution in [0.5, 0.6) is 5.75 Å². The van der Waals surface area contributed by atoms with Gasteiger partial charge in [-0.25, -0.2) is 17.5 Å². The van der Waals surface area contributed by atoms with Crippen molar-refractivity contribution in [3.05, 3.63) is 65.8 Å². The first-order chi connectivity index (χ1) is 12.9. The zero-order valence-corrected chi connectivity index (χ0v) is 15.4. The van der Waals surface area contributed by atoms with E-state index >= 15 is 0 Å². The highest BCUT2D eigenvalue weighted by atomic mass is 32.2. The number of halogens is 1. The van der Waals surface area contributed by atoms with Gasteiger partial charge < -0.3 is 9.26 Å². The number of methoxy groups -OCH3 is 1. The number of hydrogen-bond acceptors (Lipinski definition) is 6. The summed E-state index contributed by atoms with van der Waals surface area (Å²) in [6, 6.07) is 12.5. The molecule has 3 rings (SSSR count). The maximum atomic E-state index is 12.9. The van der Waals surface area contributed by atoms with Crippen LogP contribution in [0.25, 0.3) is 11.4 Å². The van der Waals surface area contributed by atoms with Crippen LogP contribution < -0.4 is 9.46 Å². The lowest BCUT2D eigenvalue weighted by molar-refractivity contribution is 0.379. The summed E-state index contributed by atoms with van der Waals surface area (Å²) < 4.78 is 49.8. The van der Waals surface area contributed by atoms with Gasteiger partial charge in [0.25, 0.3) is 0 Å². The first kappa shape index (κ1) is 19.0. The molecule has 0 radical (unpaired) electrons. The molecule has 0 atom stereocenters. The Labute approximate surface area is 156 Å². The summed E-state index contributed by atoms with van der Waals surface area (Å²) >= 11 is 0. The van der Waals surface area contributed by atoms with E-state index in [9.17, 15) is 12.8 Å². The van der Waals surface area contributed by atoms with Crippen LogP contribution in [0.4, 0.5) is 4.39 Å². The fourth-order valence-electron chi connectivity index (χ4n) is 2.40. The minimum absolute atomic E-state index is 0.114. The molecule has 0 saturated heterocycles. The molecule has 1 aromatic heterocycles. The summed E-state index contributed by atoms with van der Waals surface area (Å²) in [7, 11) is -1.98. The van der Waals surface area contributed by atoms with Gasteiger partial charge in [-0.2, -0.15) is 4.98 Å². The Morgan fingerprint density at radius 3 is 2.70 bits per heavy atom. The molecule has 0 unspecified atom stereocenters. The molecule has 142 valence electrons. The fourth-order valence-corrected chi connectivity index (χ4v) is 3.55. The predicted octanol–water partition coefficient (Wildman–Crippen LogP) is 2.55. The third-order valence-corrected chi connectivity index (χ3v) is 5.08. The number of hydrogen-bond donors (Lipinski definition) is 1. The van der Waals surface area contributed by atoms with E-state index in [0.717, 1.165) is 5.56 Å². The predicted molar refractivity (Wildman–Crippen MR) is 97.0 cm³/mol. The van der Waals surface area contributed by atoms with Gasteiger partial charge in [0, 0.05) is 18.5 Å². The van der Waals surface area contributed by atoms with Gasteiger partial charge in [0.05, 0.1) is 12.9 Å². The molecule has 0 bridgehead atoms. The number of ether oxygens (including phenoxy) is 1. The number of sulfonamides is 1. The number of nitrogens with zero attached hydrogens (tertiary/aromatic N) is 2. The second-order valence-electron chi connectivity index (χ2n) is 5.77. The van der Waals surface area contributed by atoms with E-state index in [0.29, 0.717) is 23.0 Å². The molecular weight excluding hydrogens is 373 g/mol. The van der Waals surface area contributed by atoms with Gasteiger partial charge in [0.15, 0.2) is 0 Å². The molecule has 0 aliphatic carbocycles. The highest BCUT2D eigenvalue weighted by molar-refractivity contribution is 7.88. The Balaban J connectivity index is 1.56. The van der Waals surface area contributed by atoms with Crippen LogP contribution in [0.2, 0.25) is 0 Å². The maximum Gasteiger partial charge on any atom is 0.228 e. The molecule has 2 aromatic carbocycles. The van der Waals surface area contributed by atoms with E-state index in [4.69, 9.17) is 9.26 Å². The molecule has 0 saturated carbocycles. The monoisotopic (exact) mass is 391 g/mol. The van der Waals surface area contributed by atoms with E-state index in [2.05, 4.69) is 14.9 Å². The van der Waals surface area contributed by atoms with Crippen molar-refractivity contribution in [3.63, 3.8) is 0 Å². The van der Waals surface area contributed by atoms with Crippen molar-refractivity contribution < 1.29 is 22.1 Å². The summed E-state index contributed by atoms with van der Waals surface area (Å²) in [6.45, 7) is 0.114. The Morgan fingerprint density at radius 1 is 1.19 bits per heavy atom. The van der Waals surface area contributed by atoms with E-state index < -0.39 is 15.8 Å². The first-order valence-electron chi connectivity index (χ1n) is 8.14. The minimum atomic E-state index is -3.55. The Kier molecular flexibility index (Phi) is 5.82. The number of nitrogens with one attached hydrogen (secondary N) is 1. The molecule has 1 heterocycles. The van der Waals surface area contributed by atoms with Gasteiger partial charge in [-0.1, -0.05) is 29.4 Å². The van der Waals surface area contributed by atoms with Gasteiger partial charge in [-0.3, -0.25) is 0 Å². The summed E-state index contributed by atoms with van der Waals surface area (Å²) in [6.07, 6.45) is 0.250. The topological polar surface area (TPSA) is 94.3 Å². The molecule has 27 heavy (non-hydrogen) atoms. The summed E-state index contributed by atoms with van der Waals surface area (Å²) in [5, 5.41) is 3.90. The third-order valence-electron chi connectivity index (χ3n) is 3.73. The zero-order valence-electron chi connectivity index (χ0n) is 14.6. The average Bonchev–Trinajstić information content (AvgIpc) is 3.12. The van der Waals surface area contributed by atoms with Crippen molar-refractivity contribution in [2.24, 2.45) is 0 Å². The molecule has 0 spiro atoms. The highest BCUT2D eigenvalue weighted by Crippen LogP contribution is 2.21. The lowest BCUT2D eigenvalue weighted by atomic mass is 10.2. The van der Waals surface area contributed by atoms with Crippen molar-refractivity contribution in [1.82, 2.24) is 14.9 Å². The fraction of sp³-hybridized carbons (Fsp3) is 0.222. The molecule has 0 aliphatic rings. The molecule has 7 nitrogen and oxygen atoms in total. The van der Waals surface area contributed by atoms with E-state index in [1.807, 2.05) is 12.1 Å². The quantitative estimate of drug-likeness (QED) is 0.634. The number of aromatic nitrogens is 2. The average molecular weight is 391 g/mol. The third kappa shape index (κ3) is 5.35. The van der Waals surface area contributed by atoms with Crippen LogP contribution in [-0.4, -0.2) is 32.2 Å². The minimum Gasteiger partial charge on any atom is -0.497 e. The summed E-state index contributed by atoms with van der Waals surface area (Å²) in [5.41, 5.74) is 1.24. The van der Waals surface area contributed by atoms with Crippen molar-refractivity contribution in [3.8, 4) is 17.1 Å². The molecule has 3 aromatic rings. The number of benzene rings is 2. The SMILES string of the molecule is COc1cccc(-c2noc(CCNS(=O)(=O)Cc3ccc(F)cc3)n2)c1.